The molecule has 0 aliphatic carbocycles. The van der Waals surface area contributed by atoms with Crippen molar-refractivity contribution in [1.82, 2.24) is 9.55 Å². The Morgan fingerprint density at radius 2 is 2.12 bits per heavy atom. The van der Waals surface area contributed by atoms with Crippen molar-refractivity contribution in [1.29, 1.82) is 0 Å². The van der Waals surface area contributed by atoms with Crippen molar-refractivity contribution < 1.29 is 39.1 Å². The van der Waals surface area contributed by atoms with Crippen LogP contribution in [0.1, 0.15) is 6.92 Å². The smallest absolute Gasteiger partial charge is 0.354 e. The Bertz CT molecular complexity index is 692. The molecule has 1 aromatic rings. The third kappa shape index (κ3) is 3.99. The van der Waals surface area contributed by atoms with Crippen molar-refractivity contribution in [2.45, 2.75) is 31.0 Å². The number of nitrogens with two attached hydrogens (primary N) is 1. The maximum Gasteiger partial charge on any atom is 0.354 e. The molecule has 136 valence electrons. The molecule has 0 amide bonds. The van der Waals surface area contributed by atoms with E-state index in [1.54, 1.807) is 0 Å². The molecule has 4 atom stereocenters. The van der Waals surface area contributed by atoms with E-state index in [0.717, 1.165) is 4.57 Å². The summed E-state index contributed by atoms with van der Waals surface area (Å²) in [6, 6.07) is 1.32. The minimum atomic E-state index is -4.40. The fraction of sp³-hybridized carbons (Fsp3) is 0.636. The van der Waals surface area contributed by atoms with E-state index in [1.165, 1.54) is 19.2 Å². The molecule has 1 aromatic heterocycles. The quantitative estimate of drug-likeness (QED) is 0.157. The maximum atomic E-state index is 11.9. The number of nitrogens with zero attached hydrogens (tertiary/aromatic N) is 2. The Balaban J connectivity index is 2.08. The summed E-state index contributed by atoms with van der Waals surface area (Å²) >= 11 is 0. The van der Waals surface area contributed by atoms with Gasteiger partial charge in [-0.25, -0.2) is 14.6 Å². The molecule has 1 saturated heterocycles. The molecule has 12 nitrogen and oxygen atoms in total. The standard InChI is InChI=1S/C11H18N3O9P/c1-11(14-3-2-7(12)13-10(14)17)9(16)8(15)6(23-11)4-21-22-5-24(18,19)20/h2-3,6,8-9,15-16H,4-5H2,1H3,(H2,12,13,17)(H2,18,19,20)/t6-,8-,9-,11-/m1/s1. The molecule has 24 heavy (non-hydrogen) atoms. The third-order valence-corrected chi connectivity index (χ3v) is 3.92. The van der Waals surface area contributed by atoms with E-state index < -0.39 is 50.3 Å². The molecule has 1 fully saturated rings. The normalized spacial score (nSPS) is 30.6. The van der Waals surface area contributed by atoms with Crippen LogP contribution in [0.15, 0.2) is 17.1 Å². The second kappa shape index (κ2) is 6.86. The second-order valence-electron chi connectivity index (χ2n) is 5.35. The van der Waals surface area contributed by atoms with Gasteiger partial charge < -0.3 is 30.5 Å². The van der Waals surface area contributed by atoms with Crippen molar-refractivity contribution in [2.24, 2.45) is 0 Å². The van der Waals surface area contributed by atoms with Gasteiger partial charge in [0.15, 0.2) is 12.1 Å². The lowest BCUT2D eigenvalue weighted by molar-refractivity contribution is -0.302. The van der Waals surface area contributed by atoms with Gasteiger partial charge in [-0.2, -0.15) is 4.98 Å². The largest absolute Gasteiger partial charge is 0.387 e. The highest BCUT2D eigenvalue weighted by atomic mass is 31.2. The number of aliphatic hydroxyl groups is 2. The van der Waals surface area contributed by atoms with Gasteiger partial charge in [0.05, 0.1) is 0 Å². The van der Waals surface area contributed by atoms with Crippen LogP contribution in [0.5, 0.6) is 0 Å². The molecule has 6 N–H and O–H groups in total. The summed E-state index contributed by atoms with van der Waals surface area (Å²) in [5.74, 6) is -0.0152. The van der Waals surface area contributed by atoms with E-state index in [2.05, 4.69) is 14.8 Å². The summed E-state index contributed by atoms with van der Waals surface area (Å²) in [6.45, 7) is 0.918. The first kappa shape index (κ1) is 19.0. The first-order valence-corrected chi connectivity index (χ1v) is 8.53. The first-order valence-electron chi connectivity index (χ1n) is 6.73. The third-order valence-electron chi connectivity index (χ3n) is 3.48. The SMILES string of the molecule is C[C@@]1(n2ccc(N)nc2=O)O[C@H](COOCP(=O)(O)O)[C@@H](O)[C@H]1O. The number of nitrogen functional groups attached to an aromatic ring is 1. The summed E-state index contributed by atoms with van der Waals surface area (Å²) in [6.07, 6.45) is -3.79. The highest BCUT2D eigenvalue weighted by Crippen LogP contribution is 2.36. The van der Waals surface area contributed by atoms with Crippen molar-refractivity contribution in [2.75, 3.05) is 18.7 Å². The minimum absolute atomic E-state index is 0.0152. The number of hydrogen-bond donors (Lipinski definition) is 5. The molecular weight excluding hydrogens is 349 g/mol. The van der Waals surface area contributed by atoms with Crippen molar-refractivity contribution in [3.05, 3.63) is 22.7 Å². The molecular formula is C11H18N3O9P. The van der Waals surface area contributed by atoms with E-state index >= 15 is 0 Å². The number of ether oxygens (including phenoxy) is 1. The highest BCUT2D eigenvalue weighted by molar-refractivity contribution is 7.51. The van der Waals surface area contributed by atoms with Gasteiger partial charge >= 0.3 is 13.3 Å². The molecule has 0 saturated carbocycles. The Hall–Kier alpha value is -1.37. The molecule has 0 aromatic carbocycles. The molecule has 0 unspecified atom stereocenters. The molecule has 2 heterocycles. The monoisotopic (exact) mass is 367 g/mol. The number of aromatic nitrogens is 2. The van der Waals surface area contributed by atoms with Crippen molar-refractivity contribution >= 4 is 13.4 Å². The zero-order valence-electron chi connectivity index (χ0n) is 12.6. The van der Waals surface area contributed by atoms with Gasteiger partial charge in [0.25, 0.3) is 0 Å². The summed E-state index contributed by atoms with van der Waals surface area (Å²) < 4.78 is 17.1. The maximum absolute atomic E-state index is 11.9. The van der Waals surface area contributed by atoms with Crippen LogP contribution in [0, 0.1) is 0 Å². The predicted octanol–water partition coefficient (Wildman–Crippen LogP) is -2.30. The van der Waals surface area contributed by atoms with Gasteiger partial charge in [-0.15, -0.1) is 0 Å². The van der Waals surface area contributed by atoms with Crippen molar-refractivity contribution in [3.8, 4) is 0 Å². The van der Waals surface area contributed by atoms with E-state index in [9.17, 15) is 19.6 Å². The van der Waals surface area contributed by atoms with Gasteiger partial charge in [-0.3, -0.25) is 9.13 Å². The molecule has 0 bridgehead atoms. The number of rotatable bonds is 6. The number of hydrogen-bond acceptors (Lipinski definition) is 9. The van der Waals surface area contributed by atoms with E-state index in [4.69, 9.17) is 20.3 Å². The average molecular weight is 367 g/mol. The van der Waals surface area contributed by atoms with E-state index in [0.29, 0.717) is 0 Å². The second-order valence-corrected chi connectivity index (χ2v) is 6.94. The van der Waals surface area contributed by atoms with Crippen LogP contribution in [0.3, 0.4) is 0 Å². The Kier molecular flexibility index (Phi) is 5.42. The average Bonchev–Trinajstić information content (AvgIpc) is 2.67. The van der Waals surface area contributed by atoms with Crippen LogP contribution in [0.2, 0.25) is 0 Å². The summed E-state index contributed by atoms with van der Waals surface area (Å²) in [5.41, 5.74) is 2.96. The van der Waals surface area contributed by atoms with Crippen molar-refractivity contribution in [3.63, 3.8) is 0 Å². The van der Waals surface area contributed by atoms with E-state index in [1.807, 2.05) is 0 Å². The molecule has 13 heteroatoms. The van der Waals surface area contributed by atoms with E-state index in [-0.39, 0.29) is 5.82 Å². The molecule has 2 rings (SSSR count). The molecule has 1 aliphatic rings. The summed E-state index contributed by atoms with van der Waals surface area (Å²) in [4.78, 5) is 41.6. The van der Waals surface area contributed by atoms with Crippen LogP contribution < -0.4 is 11.4 Å². The molecule has 1 aliphatic heterocycles. The topological polar surface area (TPSA) is 187 Å². The van der Waals surface area contributed by atoms with Gasteiger partial charge in [0.1, 0.15) is 30.7 Å². The molecule has 0 radical (unpaired) electrons. The Labute approximate surface area is 135 Å². The lowest BCUT2D eigenvalue weighted by Gasteiger charge is -2.29. The van der Waals surface area contributed by atoms with Gasteiger partial charge in [-0.05, 0) is 13.0 Å². The van der Waals surface area contributed by atoms with Crippen LogP contribution in [-0.2, 0) is 24.8 Å². The van der Waals surface area contributed by atoms with Crippen LogP contribution in [-0.4, -0.2) is 60.8 Å². The Morgan fingerprint density at radius 3 is 2.71 bits per heavy atom. The van der Waals surface area contributed by atoms with Gasteiger partial charge in [0.2, 0.25) is 0 Å². The number of aliphatic hydroxyl groups excluding tert-OH is 2. The summed E-state index contributed by atoms with van der Waals surface area (Å²) in [7, 11) is -4.40. The lowest BCUT2D eigenvalue weighted by atomic mass is 10.0. The zero-order chi connectivity index (χ0) is 18.1. The predicted molar refractivity (Wildman–Crippen MR) is 77.4 cm³/mol. The molecule has 0 spiro atoms. The fourth-order valence-electron chi connectivity index (χ4n) is 2.27. The van der Waals surface area contributed by atoms with Gasteiger partial charge in [-0.1, -0.05) is 0 Å². The Morgan fingerprint density at radius 1 is 1.46 bits per heavy atom. The van der Waals surface area contributed by atoms with Crippen LogP contribution in [0.25, 0.3) is 0 Å². The number of anilines is 1. The lowest BCUT2D eigenvalue weighted by Crippen LogP contribution is -2.48. The highest BCUT2D eigenvalue weighted by Gasteiger charge is 2.53. The fourth-order valence-corrected chi connectivity index (χ4v) is 2.49. The summed E-state index contributed by atoms with van der Waals surface area (Å²) in [5, 5.41) is 20.2. The van der Waals surface area contributed by atoms with Gasteiger partial charge in [0, 0.05) is 6.20 Å². The first-order chi connectivity index (χ1) is 11.0. The zero-order valence-corrected chi connectivity index (χ0v) is 13.4. The minimum Gasteiger partial charge on any atom is -0.387 e. The van der Waals surface area contributed by atoms with Crippen LogP contribution in [0.4, 0.5) is 5.82 Å². The van der Waals surface area contributed by atoms with Crippen LogP contribution >= 0.6 is 7.60 Å².